The summed E-state index contributed by atoms with van der Waals surface area (Å²) >= 11 is 1.67. The molecule has 0 saturated carbocycles. The molecule has 1 rings (SSSR count). The third-order valence-corrected chi connectivity index (χ3v) is 3.37. The van der Waals surface area contributed by atoms with Gasteiger partial charge in [-0.3, -0.25) is 4.79 Å². The number of nitrogens with zero attached hydrogens (tertiary/aromatic N) is 1. The number of ketones is 1. The Kier molecular flexibility index (Phi) is 4.45. The average Bonchev–Trinajstić information content (AvgIpc) is 2.61. The van der Waals surface area contributed by atoms with Crippen LogP contribution in [0.2, 0.25) is 0 Å². The van der Waals surface area contributed by atoms with E-state index in [1.807, 2.05) is 19.4 Å². The van der Waals surface area contributed by atoms with Gasteiger partial charge in [0, 0.05) is 17.2 Å². The number of aromatic nitrogens is 1. The van der Waals surface area contributed by atoms with E-state index in [1.165, 1.54) is 4.88 Å². The SMILES string of the molecule is CC(C)C(=O)CCc1scnc1C(C)C. The highest BCUT2D eigenvalue weighted by Gasteiger charge is 2.13. The Balaban J connectivity index is 2.58. The first kappa shape index (κ1) is 12.4. The smallest absolute Gasteiger partial charge is 0.135 e. The number of Topliss-reactive ketones (excluding diaryl/α,β-unsaturated/α-hetero) is 1. The summed E-state index contributed by atoms with van der Waals surface area (Å²) in [5.74, 6) is 0.957. The second-order valence-electron chi connectivity index (χ2n) is 4.44. The van der Waals surface area contributed by atoms with Crippen molar-refractivity contribution in [1.82, 2.24) is 4.98 Å². The van der Waals surface area contributed by atoms with Crippen molar-refractivity contribution in [1.29, 1.82) is 0 Å². The monoisotopic (exact) mass is 225 g/mol. The van der Waals surface area contributed by atoms with Crippen LogP contribution < -0.4 is 0 Å². The topological polar surface area (TPSA) is 30.0 Å². The summed E-state index contributed by atoms with van der Waals surface area (Å²) in [5.41, 5.74) is 3.04. The summed E-state index contributed by atoms with van der Waals surface area (Å²) in [7, 11) is 0. The third-order valence-electron chi connectivity index (χ3n) is 2.46. The van der Waals surface area contributed by atoms with Gasteiger partial charge in [0.05, 0.1) is 11.2 Å². The highest BCUT2D eigenvalue weighted by Crippen LogP contribution is 2.23. The normalized spacial score (nSPS) is 11.3. The van der Waals surface area contributed by atoms with E-state index in [-0.39, 0.29) is 5.92 Å². The van der Waals surface area contributed by atoms with E-state index < -0.39 is 0 Å². The van der Waals surface area contributed by atoms with Gasteiger partial charge in [0.25, 0.3) is 0 Å². The molecule has 0 amide bonds. The molecule has 0 unspecified atom stereocenters. The number of carbonyl (C=O) groups excluding carboxylic acids is 1. The fourth-order valence-electron chi connectivity index (χ4n) is 1.46. The van der Waals surface area contributed by atoms with Crippen LogP contribution in [0, 0.1) is 5.92 Å². The van der Waals surface area contributed by atoms with Crippen LogP contribution in [0.25, 0.3) is 0 Å². The summed E-state index contributed by atoms with van der Waals surface area (Å²) in [4.78, 5) is 17.1. The number of carbonyl (C=O) groups is 1. The molecule has 0 radical (unpaired) electrons. The number of rotatable bonds is 5. The van der Waals surface area contributed by atoms with Crippen molar-refractivity contribution in [2.24, 2.45) is 5.92 Å². The molecule has 1 heterocycles. The molecule has 0 spiro atoms. The van der Waals surface area contributed by atoms with Gasteiger partial charge in [0.15, 0.2) is 0 Å². The number of hydrogen-bond donors (Lipinski definition) is 0. The fraction of sp³-hybridized carbons (Fsp3) is 0.667. The van der Waals surface area contributed by atoms with Crippen LogP contribution >= 0.6 is 11.3 Å². The van der Waals surface area contributed by atoms with E-state index in [4.69, 9.17) is 0 Å². The zero-order valence-electron chi connectivity index (χ0n) is 9.91. The van der Waals surface area contributed by atoms with Crippen molar-refractivity contribution in [2.75, 3.05) is 0 Å². The van der Waals surface area contributed by atoms with E-state index in [0.717, 1.165) is 12.1 Å². The lowest BCUT2D eigenvalue weighted by atomic mass is 10.0. The van der Waals surface area contributed by atoms with E-state index in [0.29, 0.717) is 18.1 Å². The minimum Gasteiger partial charge on any atom is -0.299 e. The molecule has 1 aromatic heterocycles. The van der Waals surface area contributed by atoms with Crippen LogP contribution in [-0.4, -0.2) is 10.8 Å². The molecule has 84 valence electrons. The van der Waals surface area contributed by atoms with Gasteiger partial charge in [-0.2, -0.15) is 0 Å². The zero-order chi connectivity index (χ0) is 11.4. The highest BCUT2D eigenvalue weighted by molar-refractivity contribution is 7.09. The van der Waals surface area contributed by atoms with Gasteiger partial charge in [-0.05, 0) is 12.3 Å². The Hall–Kier alpha value is -0.700. The van der Waals surface area contributed by atoms with Gasteiger partial charge in [0.2, 0.25) is 0 Å². The van der Waals surface area contributed by atoms with Gasteiger partial charge in [-0.25, -0.2) is 4.98 Å². The first-order chi connectivity index (χ1) is 7.02. The van der Waals surface area contributed by atoms with E-state index in [2.05, 4.69) is 18.8 Å². The van der Waals surface area contributed by atoms with Crippen LogP contribution in [0.5, 0.6) is 0 Å². The molecule has 0 bridgehead atoms. The van der Waals surface area contributed by atoms with E-state index in [9.17, 15) is 4.79 Å². The van der Waals surface area contributed by atoms with E-state index >= 15 is 0 Å². The Bertz CT molecular complexity index is 328. The van der Waals surface area contributed by atoms with Crippen LogP contribution in [-0.2, 0) is 11.2 Å². The molecular formula is C12H19NOS. The lowest BCUT2D eigenvalue weighted by Gasteiger charge is -2.06. The summed E-state index contributed by atoms with van der Waals surface area (Å²) in [6.07, 6.45) is 1.51. The molecular weight excluding hydrogens is 206 g/mol. The molecule has 0 N–H and O–H groups in total. The van der Waals surface area contributed by atoms with Gasteiger partial charge >= 0.3 is 0 Å². The quantitative estimate of drug-likeness (QED) is 0.768. The Morgan fingerprint density at radius 2 is 2.07 bits per heavy atom. The van der Waals surface area contributed by atoms with Gasteiger partial charge < -0.3 is 0 Å². The maximum absolute atomic E-state index is 11.5. The van der Waals surface area contributed by atoms with Crippen molar-refractivity contribution in [2.45, 2.75) is 46.5 Å². The number of aryl methyl sites for hydroxylation is 1. The van der Waals surface area contributed by atoms with Crippen molar-refractivity contribution in [3.8, 4) is 0 Å². The average molecular weight is 225 g/mol. The first-order valence-corrected chi connectivity index (χ1v) is 6.35. The van der Waals surface area contributed by atoms with Crippen molar-refractivity contribution >= 4 is 17.1 Å². The fourth-order valence-corrected chi connectivity index (χ4v) is 2.39. The first-order valence-electron chi connectivity index (χ1n) is 5.47. The highest BCUT2D eigenvalue weighted by atomic mass is 32.1. The number of hydrogen-bond acceptors (Lipinski definition) is 3. The minimum atomic E-state index is 0.153. The van der Waals surface area contributed by atoms with E-state index in [1.54, 1.807) is 11.3 Å². The second-order valence-corrected chi connectivity index (χ2v) is 5.38. The van der Waals surface area contributed by atoms with Crippen LogP contribution in [0.4, 0.5) is 0 Å². The largest absolute Gasteiger partial charge is 0.299 e. The van der Waals surface area contributed by atoms with Gasteiger partial charge in [0.1, 0.15) is 5.78 Å². The molecule has 0 aliphatic rings. The van der Waals surface area contributed by atoms with Crippen molar-refractivity contribution in [3.63, 3.8) is 0 Å². The summed E-state index contributed by atoms with van der Waals surface area (Å²) in [5, 5.41) is 0. The molecule has 1 aromatic rings. The Morgan fingerprint density at radius 3 is 2.60 bits per heavy atom. The van der Waals surface area contributed by atoms with Crippen LogP contribution in [0.15, 0.2) is 5.51 Å². The second kappa shape index (κ2) is 5.40. The molecule has 0 aliphatic heterocycles. The predicted molar refractivity (Wildman–Crippen MR) is 64.4 cm³/mol. The number of thiazole rings is 1. The maximum Gasteiger partial charge on any atom is 0.135 e. The van der Waals surface area contributed by atoms with Crippen LogP contribution in [0.3, 0.4) is 0 Å². The molecule has 3 heteroatoms. The zero-order valence-corrected chi connectivity index (χ0v) is 10.7. The summed E-state index contributed by atoms with van der Waals surface area (Å²) in [6, 6.07) is 0. The molecule has 0 aromatic carbocycles. The molecule has 15 heavy (non-hydrogen) atoms. The van der Waals surface area contributed by atoms with Crippen LogP contribution in [0.1, 0.15) is 50.6 Å². The molecule has 0 aliphatic carbocycles. The summed E-state index contributed by atoms with van der Waals surface area (Å²) in [6.45, 7) is 8.20. The Labute approximate surface area is 95.7 Å². The predicted octanol–water partition coefficient (Wildman–Crippen LogP) is 3.42. The molecule has 2 nitrogen and oxygen atoms in total. The van der Waals surface area contributed by atoms with Crippen molar-refractivity contribution in [3.05, 3.63) is 16.1 Å². The van der Waals surface area contributed by atoms with Gasteiger partial charge in [-0.15, -0.1) is 11.3 Å². The van der Waals surface area contributed by atoms with Gasteiger partial charge in [-0.1, -0.05) is 27.7 Å². The lowest BCUT2D eigenvalue weighted by molar-refractivity contribution is -0.121. The Morgan fingerprint density at radius 1 is 1.40 bits per heavy atom. The molecule has 0 atom stereocenters. The summed E-state index contributed by atoms with van der Waals surface area (Å²) < 4.78 is 0. The third kappa shape index (κ3) is 3.42. The minimum absolute atomic E-state index is 0.153. The standard InChI is InChI=1S/C12H19NOS/c1-8(2)10(14)5-6-11-12(9(3)4)13-7-15-11/h7-9H,5-6H2,1-4H3. The van der Waals surface area contributed by atoms with Crippen molar-refractivity contribution < 1.29 is 4.79 Å². The molecule has 0 fully saturated rings. The lowest BCUT2D eigenvalue weighted by Crippen LogP contribution is -2.08. The molecule has 0 saturated heterocycles. The maximum atomic E-state index is 11.5.